The molecule has 0 spiro atoms. The SMILES string of the molecule is CC(NC(=O)OC(C)(C)C)c1ncc[nH]1. The van der Waals surface area contributed by atoms with Crippen molar-refractivity contribution in [3.8, 4) is 0 Å². The fourth-order valence-corrected chi connectivity index (χ4v) is 1.07. The smallest absolute Gasteiger partial charge is 0.408 e. The Hall–Kier alpha value is -1.52. The van der Waals surface area contributed by atoms with Gasteiger partial charge in [0.1, 0.15) is 11.4 Å². The van der Waals surface area contributed by atoms with E-state index in [1.807, 2.05) is 27.7 Å². The molecule has 0 aliphatic carbocycles. The molecule has 0 aliphatic rings. The molecule has 5 heteroatoms. The van der Waals surface area contributed by atoms with Crippen LogP contribution in [0.1, 0.15) is 39.6 Å². The van der Waals surface area contributed by atoms with Crippen molar-refractivity contribution in [2.75, 3.05) is 0 Å². The van der Waals surface area contributed by atoms with Gasteiger partial charge in [0.25, 0.3) is 0 Å². The average Bonchev–Trinajstić information content (AvgIpc) is 2.50. The lowest BCUT2D eigenvalue weighted by Crippen LogP contribution is -2.34. The van der Waals surface area contributed by atoms with Crippen LogP contribution in [0, 0.1) is 0 Å². The topological polar surface area (TPSA) is 67.0 Å². The van der Waals surface area contributed by atoms with Crippen molar-refractivity contribution in [3.05, 3.63) is 18.2 Å². The van der Waals surface area contributed by atoms with Crippen molar-refractivity contribution in [2.24, 2.45) is 0 Å². The molecule has 1 rings (SSSR count). The minimum Gasteiger partial charge on any atom is -0.444 e. The Kier molecular flexibility index (Phi) is 3.34. The molecule has 1 aromatic heterocycles. The first-order valence-corrected chi connectivity index (χ1v) is 4.87. The molecule has 1 atom stereocenters. The molecule has 5 nitrogen and oxygen atoms in total. The van der Waals surface area contributed by atoms with Gasteiger partial charge in [-0.1, -0.05) is 0 Å². The summed E-state index contributed by atoms with van der Waals surface area (Å²) in [7, 11) is 0. The Balaban J connectivity index is 2.45. The van der Waals surface area contributed by atoms with Gasteiger partial charge in [0, 0.05) is 12.4 Å². The fourth-order valence-electron chi connectivity index (χ4n) is 1.07. The van der Waals surface area contributed by atoms with Crippen LogP contribution in [0.2, 0.25) is 0 Å². The summed E-state index contributed by atoms with van der Waals surface area (Å²) in [5, 5.41) is 2.68. The Bertz CT molecular complexity index is 314. The predicted octanol–water partition coefficient (Wildman–Crippen LogP) is 2.00. The van der Waals surface area contributed by atoms with Gasteiger partial charge in [0.2, 0.25) is 0 Å². The third kappa shape index (κ3) is 4.01. The number of carbonyl (C=O) groups excluding carboxylic acids is 1. The van der Waals surface area contributed by atoms with Crippen LogP contribution in [0.25, 0.3) is 0 Å². The quantitative estimate of drug-likeness (QED) is 0.786. The lowest BCUT2D eigenvalue weighted by atomic mass is 10.2. The number of hydrogen-bond donors (Lipinski definition) is 2. The monoisotopic (exact) mass is 211 g/mol. The second kappa shape index (κ2) is 4.33. The third-order valence-electron chi connectivity index (χ3n) is 1.66. The maximum atomic E-state index is 11.4. The molecule has 0 radical (unpaired) electrons. The number of amides is 1. The van der Waals surface area contributed by atoms with Crippen LogP contribution >= 0.6 is 0 Å². The summed E-state index contributed by atoms with van der Waals surface area (Å²) in [5.74, 6) is 0.709. The van der Waals surface area contributed by atoms with Crippen molar-refractivity contribution in [1.82, 2.24) is 15.3 Å². The molecule has 1 unspecified atom stereocenters. The predicted molar refractivity (Wildman–Crippen MR) is 56.4 cm³/mol. The van der Waals surface area contributed by atoms with Gasteiger partial charge in [0.15, 0.2) is 0 Å². The molecule has 0 fully saturated rings. The Morgan fingerprint density at radius 3 is 2.73 bits per heavy atom. The lowest BCUT2D eigenvalue weighted by molar-refractivity contribution is 0.0506. The maximum absolute atomic E-state index is 11.4. The fraction of sp³-hybridized carbons (Fsp3) is 0.600. The van der Waals surface area contributed by atoms with E-state index in [2.05, 4.69) is 15.3 Å². The number of hydrogen-bond acceptors (Lipinski definition) is 3. The highest BCUT2D eigenvalue weighted by Crippen LogP contribution is 2.10. The molecule has 84 valence electrons. The lowest BCUT2D eigenvalue weighted by Gasteiger charge is -2.21. The third-order valence-corrected chi connectivity index (χ3v) is 1.66. The highest BCUT2D eigenvalue weighted by molar-refractivity contribution is 5.68. The zero-order valence-corrected chi connectivity index (χ0v) is 9.50. The van der Waals surface area contributed by atoms with E-state index in [4.69, 9.17) is 4.74 Å². The summed E-state index contributed by atoms with van der Waals surface area (Å²) in [6.45, 7) is 7.31. The second-order valence-electron chi connectivity index (χ2n) is 4.34. The number of aromatic nitrogens is 2. The normalized spacial score (nSPS) is 13.3. The number of rotatable bonds is 2. The van der Waals surface area contributed by atoms with Crippen LogP contribution in [-0.4, -0.2) is 21.7 Å². The van der Waals surface area contributed by atoms with Gasteiger partial charge in [-0.15, -0.1) is 0 Å². The number of imidazole rings is 1. The summed E-state index contributed by atoms with van der Waals surface area (Å²) < 4.78 is 5.11. The molecule has 1 heterocycles. The Morgan fingerprint density at radius 1 is 1.60 bits per heavy atom. The first-order valence-electron chi connectivity index (χ1n) is 4.87. The number of nitrogens with one attached hydrogen (secondary N) is 2. The van der Waals surface area contributed by atoms with Gasteiger partial charge in [-0.05, 0) is 27.7 Å². The number of H-pyrrole nitrogens is 1. The minimum atomic E-state index is -0.479. The summed E-state index contributed by atoms with van der Waals surface area (Å²) in [6, 6.07) is -0.185. The number of alkyl carbamates (subject to hydrolysis) is 1. The van der Waals surface area contributed by atoms with E-state index in [1.54, 1.807) is 12.4 Å². The van der Waals surface area contributed by atoms with Crippen molar-refractivity contribution in [2.45, 2.75) is 39.3 Å². The molecule has 1 aromatic rings. The number of nitrogens with zero attached hydrogens (tertiary/aromatic N) is 1. The first-order chi connectivity index (χ1) is 6.88. The van der Waals surface area contributed by atoms with E-state index < -0.39 is 11.7 Å². The van der Waals surface area contributed by atoms with Crippen LogP contribution < -0.4 is 5.32 Å². The van der Waals surface area contributed by atoms with Crippen molar-refractivity contribution in [1.29, 1.82) is 0 Å². The average molecular weight is 211 g/mol. The van der Waals surface area contributed by atoms with Crippen molar-refractivity contribution < 1.29 is 9.53 Å². The Morgan fingerprint density at radius 2 is 2.27 bits per heavy atom. The first kappa shape index (κ1) is 11.6. The molecule has 0 bridgehead atoms. The van der Waals surface area contributed by atoms with Crippen LogP contribution in [0.4, 0.5) is 4.79 Å². The molecule has 1 amide bonds. The van der Waals surface area contributed by atoms with Crippen molar-refractivity contribution in [3.63, 3.8) is 0 Å². The molecular weight excluding hydrogens is 194 g/mol. The highest BCUT2D eigenvalue weighted by Gasteiger charge is 2.18. The molecular formula is C10H17N3O2. The molecule has 15 heavy (non-hydrogen) atoms. The van der Waals surface area contributed by atoms with Gasteiger partial charge < -0.3 is 15.0 Å². The van der Waals surface area contributed by atoms with Crippen LogP contribution in [-0.2, 0) is 4.74 Å². The minimum absolute atomic E-state index is 0.185. The highest BCUT2D eigenvalue weighted by atomic mass is 16.6. The Labute approximate surface area is 89.2 Å². The van der Waals surface area contributed by atoms with Crippen LogP contribution in [0.15, 0.2) is 12.4 Å². The summed E-state index contributed by atoms with van der Waals surface area (Å²) in [6.07, 6.45) is 2.91. The van der Waals surface area contributed by atoms with E-state index in [1.165, 1.54) is 0 Å². The maximum Gasteiger partial charge on any atom is 0.408 e. The van der Waals surface area contributed by atoms with E-state index in [-0.39, 0.29) is 6.04 Å². The van der Waals surface area contributed by atoms with Crippen LogP contribution in [0.3, 0.4) is 0 Å². The molecule has 0 aromatic carbocycles. The second-order valence-corrected chi connectivity index (χ2v) is 4.34. The number of carbonyl (C=O) groups is 1. The van der Waals surface area contributed by atoms with E-state index in [9.17, 15) is 4.79 Å². The van der Waals surface area contributed by atoms with E-state index in [0.717, 1.165) is 0 Å². The largest absolute Gasteiger partial charge is 0.444 e. The molecule has 0 saturated carbocycles. The molecule has 2 N–H and O–H groups in total. The van der Waals surface area contributed by atoms with Gasteiger partial charge >= 0.3 is 6.09 Å². The van der Waals surface area contributed by atoms with Crippen LogP contribution in [0.5, 0.6) is 0 Å². The van der Waals surface area contributed by atoms with Gasteiger partial charge in [-0.2, -0.15) is 0 Å². The standard InChI is InChI=1S/C10H17N3O2/c1-7(8-11-5-6-12-8)13-9(14)15-10(2,3)4/h5-7H,1-4H3,(H,11,12)(H,13,14). The van der Waals surface area contributed by atoms with Gasteiger partial charge in [-0.25, -0.2) is 9.78 Å². The number of aromatic amines is 1. The summed E-state index contributed by atoms with van der Waals surface area (Å²) in [5.41, 5.74) is -0.479. The van der Waals surface area contributed by atoms with E-state index >= 15 is 0 Å². The summed E-state index contributed by atoms with van der Waals surface area (Å²) >= 11 is 0. The van der Waals surface area contributed by atoms with Gasteiger partial charge in [-0.3, -0.25) is 0 Å². The van der Waals surface area contributed by atoms with Gasteiger partial charge in [0.05, 0.1) is 6.04 Å². The zero-order valence-electron chi connectivity index (χ0n) is 9.50. The summed E-state index contributed by atoms with van der Waals surface area (Å²) in [4.78, 5) is 18.4. The van der Waals surface area contributed by atoms with E-state index in [0.29, 0.717) is 5.82 Å². The zero-order chi connectivity index (χ0) is 11.5. The van der Waals surface area contributed by atoms with Crippen molar-refractivity contribution >= 4 is 6.09 Å². The molecule has 0 saturated heterocycles. The number of ether oxygens (including phenoxy) is 1. The molecule has 0 aliphatic heterocycles.